The molecule has 0 amide bonds. The SMILES string of the molecule is Cn1ncc(CC(=O)O)c1-c1ccc(C(F)(F)F)cc1. The first kappa shape index (κ1) is 14.1. The number of aromatic nitrogens is 2. The summed E-state index contributed by atoms with van der Waals surface area (Å²) in [6.45, 7) is 0. The Morgan fingerprint density at radius 2 is 1.90 bits per heavy atom. The Kier molecular flexibility index (Phi) is 3.52. The zero-order valence-corrected chi connectivity index (χ0v) is 10.5. The van der Waals surface area contributed by atoms with Crippen LogP contribution in [0.4, 0.5) is 13.2 Å². The quantitative estimate of drug-likeness (QED) is 0.942. The van der Waals surface area contributed by atoms with Crippen molar-refractivity contribution in [2.45, 2.75) is 12.6 Å². The fourth-order valence-corrected chi connectivity index (χ4v) is 1.96. The molecule has 1 aromatic carbocycles. The van der Waals surface area contributed by atoms with Gasteiger partial charge in [-0.15, -0.1) is 0 Å². The molecule has 0 aliphatic rings. The summed E-state index contributed by atoms with van der Waals surface area (Å²) < 4.78 is 38.9. The Balaban J connectivity index is 2.41. The Bertz CT molecular complexity index is 630. The molecule has 0 unspecified atom stereocenters. The number of hydrogen-bond acceptors (Lipinski definition) is 2. The van der Waals surface area contributed by atoms with Gasteiger partial charge in [-0.1, -0.05) is 12.1 Å². The molecule has 0 fully saturated rings. The van der Waals surface area contributed by atoms with E-state index in [0.29, 0.717) is 16.8 Å². The van der Waals surface area contributed by atoms with E-state index in [4.69, 9.17) is 5.11 Å². The van der Waals surface area contributed by atoms with Crippen molar-refractivity contribution in [3.05, 3.63) is 41.6 Å². The average molecular weight is 284 g/mol. The average Bonchev–Trinajstić information content (AvgIpc) is 2.69. The second kappa shape index (κ2) is 4.99. The summed E-state index contributed by atoms with van der Waals surface area (Å²) in [4.78, 5) is 10.8. The highest BCUT2D eigenvalue weighted by atomic mass is 19.4. The van der Waals surface area contributed by atoms with E-state index in [0.717, 1.165) is 12.1 Å². The summed E-state index contributed by atoms with van der Waals surface area (Å²) in [5.41, 5.74) is 0.707. The van der Waals surface area contributed by atoms with Gasteiger partial charge in [0.05, 0.1) is 23.9 Å². The molecular weight excluding hydrogens is 273 g/mol. The minimum atomic E-state index is -4.39. The fourth-order valence-electron chi connectivity index (χ4n) is 1.96. The van der Waals surface area contributed by atoms with Crippen LogP contribution in [0.25, 0.3) is 11.3 Å². The standard InChI is InChI=1S/C13H11F3N2O2/c1-18-12(9(7-17-18)6-11(19)20)8-2-4-10(5-3-8)13(14,15)16/h2-5,7H,6H2,1H3,(H,19,20). The first-order valence-corrected chi connectivity index (χ1v) is 5.69. The summed E-state index contributed by atoms with van der Waals surface area (Å²) in [6.07, 6.45) is -3.22. The summed E-state index contributed by atoms with van der Waals surface area (Å²) in [5.74, 6) is -1.02. The molecule has 1 aromatic heterocycles. The van der Waals surface area contributed by atoms with Crippen molar-refractivity contribution in [3.63, 3.8) is 0 Å². The molecule has 0 saturated heterocycles. The third-order valence-electron chi connectivity index (χ3n) is 2.84. The molecule has 0 atom stereocenters. The molecule has 4 nitrogen and oxygen atoms in total. The molecule has 0 spiro atoms. The highest BCUT2D eigenvalue weighted by Gasteiger charge is 2.30. The zero-order chi connectivity index (χ0) is 14.9. The van der Waals surface area contributed by atoms with Gasteiger partial charge in [0.1, 0.15) is 0 Å². The molecule has 1 heterocycles. The van der Waals surface area contributed by atoms with Crippen molar-refractivity contribution in [3.8, 4) is 11.3 Å². The van der Waals surface area contributed by atoms with E-state index in [1.54, 1.807) is 7.05 Å². The Labute approximate surface area is 112 Å². The van der Waals surface area contributed by atoms with Crippen LogP contribution in [0.1, 0.15) is 11.1 Å². The zero-order valence-electron chi connectivity index (χ0n) is 10.5. The molecule has 106 valence electrons. The number of nitrogens with zero attached hydrogens (tertiary/aromatic N) is 2. The monoisotopic (exact) mass is 284 g/mol. The number of hydrogen-bond donors (Lipinski definition) is 1. The summed E-state index contributed by atoms with van der Waals surface area (Å²) in [5, 5.41) is 12.8. The number of benzene rings is 1. The van der Waals surface area contributed by atoms with E-state index in [2.05, 4.69) is 5.10 Å². The third kappa shape index (κ3) is 2.81. The smallest absolute Gasteiger partial charge is 0.416 e. The number of halogens is 3. The van der Waals surface area contributed by atoms with Gasteiger partial charge < -0.3 is 5.11 Å². The number of carboxylic acids is 1. The number of carbonyl (C=O) groups is 1. The Hall–Kier alpha value is -2.31. The number of alkyl halides is 3. The fraction of sp³-hybridized carbons (Fsp3) is 0.231. The van der Waals surface area contributed by atoms with Crippen LogP contribution in [0.15, 0.2) is 30.5 Å². The second-order valence-corrected chi connectivity index (χ2v) is 4.29. The van der Waals surface area contributed by atoms with Gasteiger partial charge >= 0.3 is 12.1 Å². The van der Waals surface area contributed by atoms with Gasteiger partial charge in [-0.25, -0.2) is 0 Å². The van der Waals surface area contributed by atoms with Gasteiger partial charge in [0.15, 0.2) is 0 Å². The Morgan fingerprint density at radius 1 is 1.30 bits per heavy atom. The van der Waals surface area contributed by atoms with E-state index in [1.165, 1.54) is 23.0 Å². The van der Waals surface area contributed by atoms with Crippen LogP contribution in [-0.4, -0.2) is 20.9 Å². The molecule has 7 heteroatoms. The lowest BCUT2D eigenvalue weighted by atomic mass is 10.0. The Morgan fingerprint density at radius 3 is 2.40 bits per heavy atom. The summed E-state index contributed by atoms with van der Waals surface area (Å²) in [6, 6.07) is 4.55. The predicted octanol–water partition coefficient (Wildman–Crippen LogP) is 2.73. The highest BCUT2D eigenvalue weighted by Crippen LogP contribution is 2.31. The molecule has 2 rings (SSSR count). The van der Waals surface area contributed by atoms with Gasteiger partial charge in [-0.3, -0.25) is 9.48 Å². The van der Waals surface area contributed by atoms with Crippen LogP contribution in [-0.2, 0) is 24.4 Å². The molecule has 0 radical (unpaired) electrons. The van der Waals surface area contributed by atoms with Crippen molar-refractivity contribution >= 4 is 5.97 Å². The van der Waals surface area contributed by atoms with Gasteiger partial charge in [0.25, 0.3) is 0 Å². The van der Waals surface area contributed by atoms with Crippen LogP contribution in [0.5, 0.6) is 0 Å². The van der Waals surface area contributed by atoms with Gasteiger partial charge in [0, 0.05) is 18.2 Å². The normalized spacial score (nSPS) is 11.6. The van der Waals surface area contributed by atoms with E-state index in [9.17, 15) is 18.0 Å². The maximum atomic E-state index is 12.5. The maximum absolute atomic E-state index is 12.5. The highest BCUT2D eigenvalue weighted by molar-refractivity contribution is 5.75. The second-order valence-electron chi connectivity index (χ2n) is 4.29. The lowest BCUT2D eigenvalue weighted by Crippen LogP contribution is -2.05. The van der Waals surface area contributed by atoms with E-state index in [1.807, 2.05) is 0 Å². The van der Waals surface area contributed by atoms with Crippen molar-refractivity contribution in [2.24, 2.45) is 7.05 Å². The lowest BCUT2D eigenvalue weighted by Gasteiger charge is -2.09. The molecule has 20 heavy (non-hydrogen) atoms. The molecule has 0 aliphatic heterocycles. The third-order valence-corrected chi connectivity index (χ3v) is 2.84. The van der Waals surface area contributed by atoms with Crippen LogP contribution < -0.4 is 0 Å². The first-order chi connectivity index (χ1) is 9.29. The van der Waals surface area contributed by atoms with Crippen molar-refractivity contribution < 1.29 is 23.1 Å². The van der Waals surface area contributed by atoms with Crippen LogP contribution in [0, 0.1) is 0 Å². The number of carboxylic acid groups (broad SMARTS) is 1. The molecule has 1 N–H and O–H groups in total. The van der Waals surface area contributed by atoms with Crippen LogP contribution >= 0.6 is 0 Å². The van der Waals surface area contributed by atoms with Crippen molar-refractivity contribution in [1.29, 1.82) is 0 Å². The minimum absolute atomic E-state index is 0.232. The number of aryl methyl sites for hydroxylation is 1. The molecular formula is C13H11F3N2O2. The van der Waals surface area contributed by atoms with E-state index in [-0.39, 0.29) is 6.42 Å². The summed E-state index contributed by atoms with van der Waals surface area (Å²) >= 11 is 0. The predicted molar refractivity (Wildman–Crippen MR) is 65.0 cm³/mol. The molecule has 0 aliphatic carbocycles. The van der Waals surface area contributed by atoms with Crippen LogP contribution in [0.2, 0.25) is 0 Å². The van der Waals surface area contributed by atoms with Crippen molar-refractivity contribution in [1.82, 2.24) is 9.78 Å². The maximum Gasteiger partial charge on any atom is 0.416 e. The largest absolute Gasteiger partial charge is 0.481 e. The molecule has 2 aromatic rings. The minimum Gasteiger partial charge on any atom is -0.481 e. The number of aliphatic carboxylic acids is 1. The van der Waals surface area contributed by atoms with E-state index >= 15 is 0 Å². The number of rotatable bonds is 3. The van der Waals surface area contributed by atoms with Gasteiger partial charge in [-0.2, -0.15) is 18.3 Å². The molecule has 0 bridgehead atoms. The van der Waals surface area contributed by atoms with Gasteiger partial charge in [0.2, 0.25) is 0 Å². The topological polar surface area (TPSA) is 55.1 Å². The van der Waals surface area contributed by atoms with E-state index < -0.39 is 17.7 Å². The molecule has 0 saturated carbocycles. The first-order valence-electron chi connectivity index (χ1n) is 5.69. The summed E-state index contributed by atoms with van der Waals surface area (Å²) in [7, 11) is 1.61. The van der Waals surface area contributed by atoms with Crippen LogP contribution in [0.3, 0.4) is 0 Å². The lowest BCUT2D eigenvalue weighted by molar-refractivity contribution is -0.138. The van der Waals surface area contributed by atoms with Crippen molar-refractivity contribution in [2.75, 3.05) is 0 Å². The van der Waals surface area contributed by atoms with Gasteiger partial charge in [-0.05, 0) is 12.1 Å².